The second kappa shape index (κ2) is 14.6. The molecule has 3 heteroatoms. The molecule has 0 bridgehead atoms. The zero-order valence-corrected chi connectivity index (χ0v) is 32.5. The minimum atomic E-state index is -0.603. The number of hydrogen-bond donors (Lipinski definition) is 0. The molecule has 10 rings (SSSR count). The highest BCUT2D eigenvalue weighted by Crippen LogP contribution is 2.58. The summed E-state index contributed by atoms with van der Waals surface area (Å²) in [6, 6.07) is 76.5. The summed E-state index contributed by atoms with van der Waals surface area (Å²) in [5.74, 6) is 0.705. The summed E-state index contributed by atoms with van der Waals surface area (Å²) < 4.78 is 0. The molecule has 0 amide bonds. The molecule has 1 aliphatic rings. The molecular formula is C55H41N3. The molecule has 276 valence electrons. The van der Waals surface area contributed by atoms with Crippen LogP contribution >= 0.6 is 0 Å². The van der Waals surface area contributed by atoms with Gasteiger partial charge in [0.15, 0.2) is 5.82 Å². The van der Waals surface area contributed by atoms with E-state index in [1.54, 1.807) is 0 Å². The SMILES string of the molecule is Cc1ccc(C2(c3ccc(C)cc3)c3ccccc3N(c3ccccc3)c3ccc(-c4cccc(-c5cc(-c6ccccc6)nc(-c6ccccc6)n5)c4)cc32)cc1. The van der Waals surface area contributed by atoms with Gasteiger partial charge in [0.1, 0.15) is 0 Å². The van der Waals surface area contributed by atoms with Crippen LogP contribution in [0.2, 0.25) is 0 Å². The molecule has 0 fully saturated rings. The lowest BCUT2D eigenvalue weighted by atomic mass is 9.62. The Hall–Kier alpha value is -7.36. The van der Waals surface area contributed by atoms with Crippen molar-refractivity contribution >= 4 is 17.1 Å². The van der Waals surface area contributed by atoms with Crippen LogP contribution in [0.3, 0.4) is 0 Å². The molecule has 0 aliphatic carbocycles. The Kier molecular flexibility index (Phi) is 8.84. The number of nitrogens with zero attached hydrogens (tertiary/aromatic N) is 3. The monoisotopic (exact) mass is 743 g/mol. The average molecular weight is 744 g/mol. The minimum absolute atomic E-state index is 0.603. The van der Waals surface area contributed by atoms with E-state index >= 15 is 0 Å². The maximum Gasteiger partial charge on any atom is 0.160 e. The Morgan fingerprint density at radius 3 is 1.52 bits per heavy atom. The lowest BCUT2D eigenvalue weighted by Gasteiger charge is -2.46. The molecular weight excluding hydrogens is 703 g/mol. The van der Waals surface area contributed by atoms with Gasteiger partial charge < -0.3 is 4.90 Å². The summed E-state index contributed by atoms with van der Waals surface area (Å²) in [6.07, 6.45) is 0. The van der Waals surface area contributed by atoms with Gasteiger partial charge in [0, 0.05) is 22.4 Å². The van der Waals surface area contributed by atoms with Crippen molar-refractivity contribution in [1.29, 1.82) is 0 Å². The predicted molar refractivity (Wildman–Crippen MR) is 240 cm³/mol. The highest BCUT2D eigenvalue weighted by molar-refractivity contribution is 5.91. The van der Waals surface area contributed by atoms with Gasteiger partial charge in [0.25, 0.3) is 0 Å². The summed E-state index contributed by atoms with van der Waals surface area (Å²) >= 11 is 0. The summed E-state index contributed by atoms with van der Waals surface area (Å²) in [4.78, 5) is 12.7. The zero-order valence-electron chi connectivity index (χ0n) is 32.5. The molecule has 0 N–H and O–H groups in total. The van der Waals surface area contributed by atoms with E-state index < -0.39 is 5.41 Å². The fourth-order valence-electron chi connectivity index (χ4n) is 8.65. The molecule has 0 radical (unpaired) electrons. The standard InChI is InChI=1S/C55H41N3/c1-38-25-30-45(31-26-38)55(46-32-27-39(2)28-33-46)48-23-12-13-24-52(48)58(47-21-10-5-11-22-47)53-34-29-43(36-49(53)55)42-19-14-20-44(35-42)51-37-50(40-15-6-3-7-16-40)56-54(57-51)41-17-8-4-9-18-41/h3-37H,1-2H3. The third-order valence-corrected chi connectivity index (χ3v) is 11.5. The third-order valence-electron chi connectivity index (χ3n) is 11.5. The third kappa shape index (κ3) is 6.09. The first-order valence-electron chi connectivity index (χ1n) is 19.9. The highest BCUT2D eigenvalue weighted by Gasteiger charge is 2.46. The molecule has 0 unspecified atom stereocenters. The van der Waals surface area contributed by atoms with Crippen molar-refractivity contribution in [2.75, 3.05) is 4.90 Å². The number of fused-ring (bicyclic) bond motifs is 2. The Balaban J connectivity index is 1.21. The molecule has 0 saturated carbocycles. The smallest absolute Gasteiger partial charge is 0.160 e. The normalized spacial score (nSPS) is 12.8. The molecule has 3 nitrogen and oxygen atoms in total. The molecule has 1 aliphatic heterocycles. The Labute approximate surface area is 340 Å². The lowest BCUT2D eigenvalue weighted by molar-refractivity contribution is 0.731. The molecule has 0 spiro atoms. The zero-order chi connectivity index (χ0) is 39.1. The number of rotatable bonds is 7. The first kappa shape index (κ1) is 35.1. The van der Waals surface area contributed by atoms with E-state index in [9.17, 15) is 0 Å². The van der Waals surface area contributed by atoms with Gasteiger partial charge in [0.05, 0.1) is 28.2 Å². The topological polar surface area (TPSA) is 29.0 Å². The van der Waals surface area contributed by atoms with Gasteiger partial charge in [-0.05, 0) is 89.7 Å². The van der Waals surface area contributed by atoms with Crippen LogP contribution in [0.1, 0.15) is 33.4 Å². The van der Waals surface area contributed by atoms with Gasteiger partial charge in [-0.2, -0.15) is 0 Å². The molecule has 2 heterocycles. The van der Waals surface area contributed by atoms with Crippen LogP contribution in [-0.2, 0) is 5.41 Å². The van der Waals surface area contributed by atoms with Gasteiger partial charge in [0.2, 0.25) is 0 Å². The van der Waals surface area contributed by atoms with Crippen molar-refractivity contribution in [3.8, 4) is 45.0 Å². The van der Waals surface area contributed by atoms with Crippen molar-refractivity contribution in [2.45, 2.75) is 19.3 Å². The van der Waals surface area contributed by atoms with Gasteiger partial charge >= 0.3 is 0 Å². The lowest BCUT2D eigenvalue weighted by Crippen LogP contribution is -2.37. The summed E-state index contributed by atoms with van der Waals surface area (Å²) in [6.45, 7) is 4.33. The second-order valence-corrected chi connectivity index (χ2v) is 15.2. The van der Waals surface area contributed by atoms with Gasteiger partial charge in [-0.3, -0.25) is 0 Å². The Morgan fingerprint density at radius 1 is 0.362 bits per heavy atom. The van der Waals surface area contributed by atoms with E-state index in [1.165, 1.54) is 39.1 Å². The van der Waals surface area contributed by atoms with Crippen LogP contribution in [0, 0.1) is 13.8 Å². The van der Waals surface area contributed by atoms with Crippen LogP contribution in [0.25, 0.3) is 45.0 Å². The number of hydrogen-bond acceptors (Lipinski definition) is 3. The quantitative estimate of drug-likeness (QED) is 0.163. The number of anilines is 3. The maximum absolute atomic E-state index is 5.17. The number of aromatic nitrogens is 2. The number of aryl methyl sites for hydroxylation is 2. The van der Waals surface area contributed by atoms with E-state index in [2.05, 4.69) is 207 Å². The van der Waals surface area contributed by atoms with Crippen molar-refractivity contribution in [3.05, 3.63) is 246 Å². The van der Waals surface area contributed by atoms with Gasteiger partial charge in [-0.25, -0.2) is 9.97 Å². The van der Waals surface area contributed by atoms with Crippen molar-refractivity contribution in [1.82, 2.24) is 9.97 Å². The van der Waals surface area contributed by atoms with Crippen LogP contribution in [-0.4, -0.2) is 9.97 Å². The maximum atomic E-state index is 5.17. The van der Waals surface area contributed by atoms with Gasteiger partial charge in [-0.1, -0.05) is 181 Å². The van der Waals surface area contributed by atoms with Gasteiger partial charge in [-0.15, -0.1) is 0 Å². The fourth-order valence-corrected chi connectivity index (χ4v) is 8.65. The van der Waals surface area contributed by atoms with E-state index in [4.69, 9.17) is 9.97 Å². The number of para-hydroxylation sites is 2. The highest BCUT2D eigenvalue weighted by atomic mass is 15.2. The summed E-state index contributed by atoms with van der Waals surface area (Å²) in [5.41, 5.74) is 17.4. The van der Waals surface area contributed by atoms with E-state index in [-0.39, 0.29) is 0 Å². The number of benzene rings is 8. The second-order valence-electron chi connectivity index (χ2n) is 15.2. The van der Waals surface area contributed by atoms with E-state index in [1.807, 2.05) is 24.3 Å². The Morgan fingerprint density at radius 2 is 0.862 bits per heavy atom. The molecule has 8 aromatic carbocycles. The largest absolute Gasteiger partial charge is 0.310 e. The Bertz CT molecular complexity index is 2780. The summed E-state index contributed by atoms with van der Waals surface area (Å²) in [7, 11) is 0. The summed E-state index contributed by atoms with van der Waals surface area (Å²) in [5, 5.41) is 0. The fraction of sp³-hybridized carbons (Fsp3) is 0.0545. The van der Waals surface area contributed by atoms with Crippen molar-refractivity contribution in [2.24, 2.45) is 0 Å². The van der Waals surface area contributed by atoms with Crippen molar-refractivity contribution in [3.63, 3.8) is 0 Å². The predicted octanol–water partition coefficient (Wildman–Crippen LogP) is 13.9. The molecule has 58 heavy (non-hydrogen) atoms. The van der Waals surface area contributed by atoms with Crippen LogP contribution in [0.4, 0.5) is 17.1 Å². The molecule has 9 aromatic rings. The van der Waals surface area contributed by atoms with E-state index in [0.29, 0.717) is 5.82 Å². The molecule has 0 atom stereocenters. The minimum Gasteiger partial charge on any atom is -0.310 e. The first-order chi connectivity index (χ1) is 28.6. The first-order valence-corrected chi connectivity index (χ1v) is 19.9. The van der Waals surface area contributed by atoms with E-state index in [0.717, 1.165) is 50.6 Å². The van der Waals surface area contributed by atoms with Crippen LogP contribution in [0.5, 0.6) is 0 Å². The average Bonchev–Trinajstić information content (AvgIpc) is 3.29. The van der Waals surface area contributed by atoms with Crippen molar-refractivity contribution < 1.29 is 0 Å². The van der Waals surface area contributed by atoms with Crippen LogP contribution < -0.4 is 4.90 Å². The molecule has 1 aromatic heterocycles. The van der Waals surface area contributed by atoms with Crippen LogP contribution in [0.15, 0.2) is 212 Å². The molecule has 0 saturated heterocycles.